The highest BCUT2D eigenvalue weighted by molar-refractivity contribution is 5.96. The third-order valence-corrected chi connectivity index (χ3v) is 5.00. The molecule has 1 aliphatic rings. The maximum atomic E-state index is 13.5. The molecule has 31 heavy (non-hydrogen) atoms. The van der Waals surface area contributed by atoms with Gasteiger partial charge in [-0.1, -0.05) is 0 Å². The lowest BCUT2D eigenvalue weighted by Crippen LogP contribution is -2.50. The number of alkyl halides is 3. The van der Waals surface area contributed by atoms with E-state index in [9.17, 15) is 27.2 Å². The molecule has 10 heteroatoms. The number of carbonyl (C=O) groups is 2. The first-order valence-electron chi connectivity index (χ1n) is 9.33. The van der Waals surface area contributed by atoms with Gasteiger partial charge < -0.3 is 19.3 Å². The molecule has 0 atom stereocenters. The Morgan fingerprint density at radius 3 is 1.77 bits per heavy atom. The SMILES string of the molecule is COc1ccc(C(=O)N2CCN(C(=O)c3ccc(F)c(C(F)(F)F)c3)CC2)cc1OC. The number of nitrogens with zero attached hydrogens (tertiary/aromatic N) is 2. The summed E-state index contributed by atoms with van der Waals surface area (Å²) >= 11 is 0. The highest BCUT2D eigenvalue weighted by Gasteiger charge is 2.35. The quantitative estimate of drug-likeness (QED) is 0.684. The molecule has 6 nitrogen and oxygen atoms in total. The molecule has 1 heterocycles. The van der Waals surface area contributed by atoms with Crippen LogP contribution in [0.25, 0.3) is 0 Å². The summed E-state index contributed by atoms with van der Waals surface area (Å²) in [5.74, 6) is -1.47. The van der Waals surface area contributed by atoms with Crippen LogP contribution in [-0.4, -0.2) is 62.0 Å². The van der Waals surface area contributed by atoms with Gasteiger partial charge >= 0.3 is 6.18 Å². The minimum absolute atomic E-state index is 0.136. The second kappa shape index (κ2) is 8.83. The number of halogens is 4. The summed E-state index contributed by atoms with van der Waals surface area (Å²) < 4.78 is 62.5. The van der Waals surface area contributed by atoms with E-state index in [1.807, 2.05) is 0 Å². The van der Waals surface area contributed by atoms with Gasteiger partial charge in [0.2, 0.25) is 0 Å². The number of methoxy groups -OCH3 is 2. The summed E-state index contributed by atoms with van der Waals surface area (Å²) in [7, 11) is 2.94. The van der Waals surface area contributed by atoms with E-state index in [1.165, 1.54) is 24.0 Å². The second-order valence-electron chi connectivity index (χ2n) is 6.85. The summed E-state index contributed by atoms with van der Waals surface area (Å²) in [4.78, 5) is 28.2. The standard InChI is InChI=1S/C21H20F4N2O4/c1-30-17-6-4-14(12-18(17)31-2)20(29)27-9-7-26(8-10-27)19(28)13-3-5-16(22)15(11-13)21(23,24)25/h3-6,11-12H,7-10H2,1-2H3. The van der Waals surface area contributed by atoms with Gasteiger partial charge in [-0.3, -0.25) is 9.59 Å². The maximum Gasteiger partial charge on any atom is 0.419 e. The number of ether oxygens (including phenoxy) is 2. The van der Waals surface area contributed by atoms with E-state index in [-0.39, 0.29) is 37.6 Å². The third-order valence-electron chi connectivity index (χ3n) is 5.00. The monoisotopic (exact) mass is 440 g/mol. The van der Waals surface area contributed by atoms with Gasteiger partial charge in [-0.25, -0.2) is 4.39 Å². The molecule has 0 unspecified atom stereocenters. The fourth-order valence-electron chi connectivity index (χ4n) is 3.32. The molecule has 1 saturated heterocycles. The first kappa shape index (κ1) is 22.4. The summed E-state index contributed by atoms with van der Waals surface area (Å²) in [5.41, 5.74) is -1.36. The van der Waals surface area contributed by atoms with Gasteiger partial charge in [0, 0.05) is 37.3 Å². The number of hydrogen-bond acceptors (Lipinski definition) is 4. The molecular weight excluding hydrogens is 420 g/mol. The normalized spacial score (nSPS) is 14.4. The van der Waals surface area contributed by atoms with E-state index in [4.69, 9.17) is 9.47 Å². The van der Waals surface area contributed by atoms with E-state index in [1.54, 1.807) is 18.2 Å². The van der Waals surface area contributed by atoms with Crippen LogP contribution in [0.4, 0.5) is 17.6 Å². The Labute approximate surface area is 175 Å². The van der Waals surface area contributed by atoms with Crippen LogP contribution in [0.15, 0.2) is 36.4 Å². The molecular formula is C21H20F4N2O4. The highest BCUT2D eigenvalue weighted by Crippen LogP contribution is 2.32. The Kier molecular flexibility index (Phi) is 6.37. The Morgan fingerprint density at radius 2 is 1.29 bits per heavy atom. The molecule has 0 spiro atoms. The van der Waals surface area contributed by atoms with Gasteiger partial charge in [-0.2, -0.15) is 13.2 Å². The summed E-state index contributed by atoms with van der Waals surface area (Å²) in [6.07, 6.45) is -4.90. The molecule has 1 fully saturated rings. The molecule has 0 aliphatic carbocycles. The van der Waals surface area contributed by atoms with Crippen molar-refractivity contribution in [3.63, 3.8) is 0 Å². The minimum Gasteiger partial charge on any atom is -0.493 e. The van der Waals surface area contributed by atoms with Crippen molar-refractivity contribution in [1.29, 1.82) is 0 Å². The van der Waals surface area contributed by atoms with Crippen LogP contribution in [0.1, 0.15) is 26.3 Å². The zero-order valence-corrected chi connectivity index (χ0v) is 16.8. The Hall–Kier alpha value is -3.30. The van der Waals surface area contributed by atoms with Gasteiger partial charge in [0.1, 0.15) is 5.82 Å². The molecule has 166 valence electrons. The predicted molar refractivity (Wildman–Crippen MR) is 103 cm³/mol. The minimum atomic E-state index is -4.90. The molecule has 3 rings (SSSR count). The van der Waals surface area contributed by atoms with Gasteiger partial charge in [0.25, 0.3) is 11.8 Å². The largest absolute Gasteiger partial charge is 0.493 e. The molecule has 2 aromatic rings. The first-order valence-corrected chi connectivity index (χ1v) is 9.33. The zero-order chi connectivity index (χ0) is 22.8. The second-order valence-corrected chi connectivity index (χ2v) is 6.85. The fraction of sp³-hybridized carbons (Fsp3) is 0.333. The number of amides is 2. The average Bonchev–Trinajstić information content (AvgIpc) is 2.77. The van der Waals surface area contributed by atoms with Crippen LogP contribution < -0.4 is 9.47 Å². The molecule has 0 aromatic heterocycles. The first-order chi connectivity index (χ1) is 14.7. The van der Waals surface area contributed by atoms with Crippen molar-refractivity contribution in [3.8, 4) is 11.5 Å². The molecule has 0 N–H and O–H groups in total. The van der Waals surface area contributed by atoms with E-state index in [2.05, 4.69) is 0 Å². The molecule has 2 aromatic carbocycles. The van der Waals surface area contributed by atoms with Crippen molar-refractivity contribution in [2.45, 2.75) is 6.18 Å². The van der Waals surface area contributed by atoms with Gasteiger partial charge in [-0.15, -0.1) is 0 Å². The highest BCUT2D eigenvalue weighted by atomic mass is 19.4. The topological polar surface area (TPSA) is 59.1 Å². The lowest BCUT2D eigenvalue weighted by atomic mass is 10.1. The molecule has 1 aliphatic heterocycles. The van der Waals surface area contributed by atoms with Crippen LogP contribution in [0, 0.1) is 5.82 Å². The van der Waals surface area contributed by atoms with Crippen molar-refractivity contribution < 1.29 is 36.6 Å². The van der Waals surface area contributed by atoms with Crippen molar-refractivity contribution in [1.82, 2.24) is 9.80 Å². The van der Waals surface area contributed by atoms with Gasteiger partial charge in [0.15, 0.2) is 11.5 Å². The summed E-state index contributed by atoms with van der Waals surface area (Å²) in [6, 6.07) is 6.92. The Balaban J connectivity index is 1.68. The number of hydrogen-bond donors (Lipinski definition) is 0. The van der Waals surface area contributed by atoms with Gasteiger partial charge in [0.05, 0.1) is 19.8 Å². The maximum absolute atomic E-state index is 13.5. The average molecular weight is 440 g/mol. The summed E-state index contributed by atoms with van der Waals surface area (Å²) in [5, 5.41) is 0. The number of piperazine rings is 1. The Morgan fingerprint density at radius 1 is 0.806 bits per heavy atom. The van der Waals surface area contributed by atoms with Crippen molar-refractivity contribution in [2.24, 2.45) is 0 Å². The number of carbonyl (C=O) groups excluding carboxylic acids is 2. The number of rotatable bonds is 4. The third kappa shape index (κ3) is 4.73. The Bertz CT molecular complexity index is 986. The fourth-order valence-corrected chi connectivity index (χ4v) is 3.32. The van der Waals surface area contributed by atoms with E-state index in [0.717, 1.165) is 6.07 Å². The predicted octanol–water partition coefficient (Wildman–Crippen LogP) is 3.46. The zero-order valence-electron chi connectivity index (χ0n) is 16.8. The van der Waals surface area contributed by atoms with Gasteiger partial charge in [-0.05, 0) is 36.4 Å². The summed E-state index contributed by atoms with van der Waals surface area (Å²) in [6.45, 7) is 0.672. The van der Waals surface area contributed by atoms with Crippen LogP contribution >= 0.6 is 0 Å². The molecule has 0 bridgehead atoms. The van der Waals surface area contributed by atoms with Crippen molar-refractivity contribution >= 4 is 11.8 Å². The van der Waals surface area contributed by atoms with E-state index >= 15 is 0 Å². The molecule has 0 saturated carbocycles. The smallest absolute Gasteiger partial charge is 0.419 e. The number of benzene rings is 2. The van der Waals surface area contributed by atoms with E-state index < -0.39 is 23.5 Å². The van der Waals surface area contributed by atoms with E-state index in [0.29, 0.717) is 29.2 Å². The van der Waals surface area contributed by atoms with Crippen LogP contribution in [-0.2, 0) is 6.18 Å². The van der Waals surface area contributed by atoms with Crippen molar-refractivity contribution in [3.05, 3.63) is 58.9 Å². The van der Waals surface area contributed by atoms with Crippen molar-refractivity contribution in [2.75, 3.05) is 40.4 Å². The van der Waals surface area contributed by atoms with Crippen LogP contribution in [0.2, 0.25) is 0 Å². The molecule has 2 amide bonds. The van der Waals surface area contributed by atoms with Crippen LogP contribution in [0.5, 0.6) is 11.5 Å². The lowest BCUT2D eigenvalue weighted by Gasteiger charge is -2.35. The lowest BCUT2D eigenvalue weighted by molar-refractivity contribution is -0.140. The molecule has 0 radical (unpaired) electrons. The van der Waals surface area contributed by atoms with Crippen LogP contribution in [0.3, 0.4) is 0 Å².